The van der Waals surface area contributed by atoms with Gasteiger partial charge in [0.2, 0.25) is 0 Å². The van der Waals surface area contributed by atoms with E-state index in [0.29, 0.717) is 0 Å². The molecule has 9 aromatic carbocycles. The molecule has 1 aliphatic heterocycles. The highest BCUT2D eigenvalue weighted by atomic mass is 16.5. The second-order valence-electron chi connectivity index (χ2n) is 17.5. The average molecular weight is 795 g/mol. The topological polar surface area (TPSA) is 17.4 Å². The second kappa shape index (κ2) is 13.2. The van der Waals surface area contributed by atoms with Crippen LogP contribution < -0.4 is 20.2 Å². The Morgan fingerprint density at radius 1 is 0.532 bits per heavy atom. The van der Waals surface area contributed by atoms with Gasteiger partial charge in [-0.15, -0.1) is 0 Å². The van der Waals surface area contributed by atoms with Gasteiger partial charge in [-0.05, 0) is 98.1 Å². The Labute approximate surface area is 360 Å². The minimum atomic E-state index is -0.181. The van der Waals surface area contributed by atoms with E-state index in [1.54, 1.807) is 0 Å². The molecule has 0 amide bonds. The van der Waals surface area contributed by atoms with Crippen molar-refractivity contribution in [2.24, 2.45) is 0 Å². The number of aromatic nitrogens is 1. The molecule has 3 nitrogen and oxygen atoms in total. The van der Waals surface area contributed by atoms with Crippen LogP contribution in [0.1, 0.15) is 42.0 Å². The van der Waals surface area contributed by atoms with E-state index < -0.39 is 0 Å². The lowest BCUT2D eigenvalue weighted by Gasteiger charge is -2.29. The zero-order chi connectivity index (χ0) is 41.1. The van der Waals surface area contributed by atoms with E-state index in [4.69, 9.17) is 4.74 Å². The van der Waals surface area contributed by atoms with Crippen molar-refractivity contribution in [2.75, 3.05) is 4.90 Å². The molecule has 0 N–H and O–H groups in total. The number of anilines is 3. The normalized spacial score (nSPS) is 16.6. The molecule has 0 bridgehead atoms. The third-order valence-electron chi connectivity index (χ3n) is 13.9. The van der Waals surface area contributed by atoms with Crippen molar-refractivity contribution in [1.82, 2.24) is 4.57 Å². The first-order valence-corrected chi connectivity index (χ1v) is 21.8. The van der Waals surface area contributed by atoms with Crippen molar-refractivity contribution in [3.63, 3.8) is 0 Å². The minimum absolute atomic E-state index is 0.0305. The molecule has 3 heteroatoms. The summed E-state index contributed by atoms with van der Waals surface area (Å²) in [7, 11) is 0. The number of fused-ring (bicyclic) bond motifs is 12. The fourth-order valence-electron chi connectivity index (χ4n) is 11.2. The number of ether oxygens (including phenoxy) is 1. The van der Waals surface area contributed by atoms with Gasteiger partial charge in [0.05, 0.1) is 28.2 Å². The predicted octanol–water partition coefficient (Wildman–Crippen LogP) is 13.3. The van der Waals surface area contributed by atoms with Crippen molar-refractivity contribution >= 4 is 61.2 Å². The molecule has 3 aliphatic rings. The molecule has 0 spiro atoms. The van der Waals surface area contributed by atoms with E-state index in [-0.39, 0.29) is 17.4 Å². The van der Waals surface area contributed by atoms with Crippen molar-refractivity contribution < 1.29 is 4.74 Å². The summed E-state index contributed by atoms with van der Waals surface area (Å²) in [6.45, 7) is 4.74. The zero-order valence-corrected chi connectivity index (χ0v) is 34.6. The maximum atomic E-state index is 6.97. The monoisotopic (exact) mass is 794 g/mol. The molecule has 0 radical (unpaired) electrons. The van der Waals surface area contributed by atoms with Gasteiger partial charge in [0.15, 0.2) is 0 Å². The molecular weight excluding hydrogens is 753 g/mol. The van der Waals surface area contributed by atoms with Crippen LogP contribution in [-0.4, -0.2) is 10.7 Å². The van der Waals surface area contributed by atoms with Crippen LogP contribution >= 0.6 is 0 Å². The smallest absolute Gasteiger partial charge is 0.130 e. The third kappa shape index (κ3) is 4.94. The average Bonchev–Trinajstić information content (AvgIpc) is 3.94. The highest BCUT2D eigenvalue weighted by Crippen LogP contribution is 2.52. The van der Waals surface area contributed by atoms with Gasteiger partial charge in [0.1, 0.15) is 11.9 Å². The Morgan fingerprint density at radius 2 is 1.21 bits per heavy atom. The molecule has 294 valence electrons. The van der Waals surface area contributed by atoms with Gasteiger partial charge in [0.25, 0.3) is 0 Å². The fourth-order valence-corrected chi connectivity index (χ4v) is 11.2. The van der Waals surface area contributed by atoms with Crippen LogP contribution in [0.5, 0.6) is 5.75 Å². The number of para-hydroxylation sites is 3. The molecule has 10 aromatic rings. The SMILES string of the molecule is CC1(C)c2ccccc2-c2ccc(N(c3ccccc3)c3cccc4c5c(n(-c6cc7ccccc7c7ccccc67)c34)=CC3Oc4ccccc4C3C=5c3ccccc3)cc21. The summed E-state index contributed by atoms with van der Waals surface area (Å²) < 4.78 is 9.54. The van der Waals surface area contributed by atoms with Crippen LogP contribution in [0.2, 0.25) is 0 Å². The highest BCUT2D eigenvalue weighted by molar-refractivity contribution is 6.12. The van der Waals surface area contributed by atoms with Crippen molar-refractivity contribution in [3.05, 3.63) is 233 Å². The number of hydrogen-bond donors (Lipinski definition) is 0. The highest BCUT2D eigenvalue weighted by Gasteiger charge is 2.40. The first-order chi connectivity index (χ1) is 30.5. The van der Waals surface area contributed by atoms with Crippen molar-refractivity contribution in [3.8, 4) is 22.6 Å². The zero-order valence-electron chi connectivity index (χ0n) is 34.6. The molecule has 0 fully saturated rings. The van der Waals surface area contributed by atoms with Crippen molar-refractivity contribution in [1.29, 1.82) is 0 Å². The lowest BCUT2D eigenvalue weighted by Crippen LogP contribution is -2.40. The molecule has 13 rings (SSSR count). The number of nitrogens with zero attached hydrogens (tertiary/aromatic N) is 2. The van der Waals surface area contributed by atoms with E-state index in [0.717, 1.165) is 39.4 Å². The molecule has 2 heterocycles. The summed E-state index contributed by atoms with van der Waals surface area (Å²) >= 11 is 0. The van der Waals surface area contributed by atoms with Gasteiger partial charge < -0.3 is 14.2 Å². The molecule has 2 unspecified atom stereocenters. The Bertz CT molecular complexity index is 3600. The van der Waals surface area contributed by atoms with E-state index in [1.807, 2.05) is 0 Å². The summed E-state index contributed by atoms with van der Waals surface area (Å²) in [6.07, 6.45) is 2.24. The predicted molar refractivity (Wildman–Crippen MR) is 257 cm³/mol. The van der Waals surface area contributed by atoms with Gasteiger partial charge in [-0.1, -0.05) is 172 Å². The molecular formula is C59H42N2O. The minimum Gasteiger partial charge on any atom is -0.485 e. The molecule has 62 heavy (non-hydrogen) atoms. The molecule has 0 saturated heterocycles. The summed E-state index contributed by atoms with van der Waals surface area (Å²) in [4.78, 5) is 2.49. The first kappa shape index (κ1) is 35.2. The van der Waals surface area contributed by atoms with Gasteiger partial charge in [0, 0.05) is 38.3 Å². The van der Waals surface area contributed by atoms with Gasteiger partial charge in [-0.2, -0.15) is 0 Å². The summed E-state index contributed by atoms with van der Waals surface area (Å²) in [5, 5.41) is 8.52. The van der Waals surface area contributed by atoms with E-state index in [2.05, 4.69) is 230 Å². The van der Waals surface area contributed by atoms with Crippen LogP contribution in [-0.2, 0) is 5.41 Å². The van der Waals surface area contributed by atoms with Crippen LogP contribution in [0, 0.1) is 0 Å². The summed E-state index contributed by atoms with van der Waals surface area (Å²) in [5.74, 6) is 0.991. The van der Waals surface area contributed by atoms with Gasteiger partial charge in [-0.3, -0.25) is 0 Å². The number of hydrogen-bond acceptors (Lipinski definition) is 2. The van der Waals surface area contributed by atoms with E-state index in [1.165, 1.54) is 71.1 Å². The van der Waals surface area contributed by atoms with Gasteiger partial charge in [-0.25, -0.2) is 0 Å². The van der Waals surface area contributed by atoms with Crippen LogP contribution in [0.3, 0.4) is 0 Å². The first-order valence-electron chi connectivity index (χ1n) is 21.8. The number of rotatable bonds is 5. The lowest BCUT2D eigenvalue weighted by atomic mass is 9.80. The Morgan fingerprint density at radius 3 is 2.06 bits per heavy atom. The summed E-state index contributed by atoms with van der Waals surface area (Å²) in [6, 6.07) is 73.6. The lowest BCUT2D eigenvalue weighted by molar-refractivity contribution is 0.286. The Balaban J connectivity index is 1.20. The van der Waals surface area contributed by atoms with Crippen LogP contribution in [0.15, 0.2) is 200 Å². The van der Waals surface area contributed by atoms with E-state index >= 15 is 0 Å². The second-order valence-corrected chi connectivity index (χ2v) is 17.5. The molecule has 1 aromatic heterocycles. The third-order valence-corrected chi connectivity index (χ3v) is 13.9. The van der Waals surface area contributed by atoms with Gasteiger partial charge >= 0.3 is 0 Å². The molecule has 2 aliphatic carbocycles. The molecule has 2 atom stereocenters. The maximum absolute atomic E-state index is 6.97. The van der Waals surface area contributed by atoms with Crippen LogP contribution in [0.25, 0.3) is 60.9 Å². The van der Waals surface area contributed by atoms with Crippen molar-refractivity contribution in [2.45, 2.75) is 31.3 Å². The quantitative estimate of drug-likeness (QED) is 0.162. The summed E-state index contributed by atoms with van der Waals surface area (Å²) in [5.41, 5.74) is 14.6. The fraction of sp³-hybridized carbons (Fsp3) is 0.0847. The van der Waals surface area contributed by atoms with E-state index in [9.17, 15) is 0 Å². The van der Waals surface area contributed by atoms with Crippen LogP contribution in [0.4, 0.5) is 17.1 Å². The molecule has 0 saturated carbocycles. The standard InChI is InChI=1S/C59H42N2O/c1-59(2)48-29-15-13-25-43(48)44-33-32-40(35-49(44)59)60(39-21-7-4-8-22-39)50-30-17-28-47-56-52(36-54-57(46-27-14-16-31-53(46)62-54)55(56)37-18-5-3-6-19-37)61(58(47)50)51-34-38-20-9-10-23-41(38)42-24-11-12-26-45(42)51/h3-36,54,57H,1-2H3. The Kier molecular flexibility index (Phi) is 7.48. The Hall–Kier alpha value is -7.62. The largest absolute Gasteiger partial charge is 0.485 e. The number of benzene rings is 9. The maximum Gasteiger partial charge on any atom is 0.130 e.